The number of ether oxygens (including phenoxy) is 4. The van der Waals surface area contributed by atoms with Gasteiger partial charge < -0.3 is 18.9 Å². The van der Waals surface area contributed by atoms with E-state index in [2.05, 4.69) is 18.2 Å². The quantitative estimate of drug-likeness (QED) is 0.787. The fourth-order valence-corrected chi connectivity index (χ4v) is 2.79. The molecule has 3 aliphatic rings. The third-order valence-corrected chi connectivity index (χ3v) is 3.68. The zero-order valence-corrected chi connectivity index (χ0v) is 11.5. The van der Waals surface area contributed by atoms with Crippen LogP contribution in [0.4, 0.5) is 0 Å². The molecule has 4 rings (SSSR count). The lowest BCUT2D eigenvalue weighted by molar-refractivity contribution is -0.138. The lowest BCUT2D eigenvalue weighted by Gasteiger charge is -2.16. The molecular weight excluding hydrogens is 256 g/mol. The highest BCUT2D eigenvalue weighted by Gasteiger charge is 2.40. The summed E-state index contributed by atoms with van der Waals surface area (Å²) in [5.41, 5.74) is 2.21. The summed E-state index contributed by atoms with van der Waals surface area (Å²) < 4.78 is 22.5. The van der Waals surface area contributed by atoms with Gasteiger partial charge in [-0.25, -0.2) is 0 Å². The molecule has 0 bridgehead atoms. The van der Waals surface area contributed by atoms with Crippen LogP contribution in [0.2, 0.25) is 0 Å². The van der Waals surface area contributed by atoms with Gasteiger partial charge in [-0.15, -0.1) is 0 Å². The Hall–Kier alpha value is -1.78. The van der Waals surface area contributed by atoms with E-state index < -0.39 is 5.79 Å². The lowest BCUT2D eigenvalue weighted by Crippen LogP contribution is -2.20. The summed E-state index contributed by atoms with van der Waals surface area (Å²) in [5.74, 6) is 1.07. The van der Waals surface area contributed by atoms with Gasteiger partial charge in [0.05, 0.1) is 0 Å². The molecule has 4 nitrogen and oxygen atoms in total. The molecule has 104 valence electrons. The summed E-state index contributed by atoms with van der Waals surface area (Å²) in [6.07, 6.45) is 6.21. The highest BCUT2D eigenvalue weighted by atomic mass is 16.7. The second-order valence-electron chi connectivity index (χ2n) is 5.61. The number of benzene rings is 1. The third-order valence-electron chi connectivity index (χ3n) is 3.68. The second-order valence-corrected chi connectivity index (χ2v) is 5.61. The van der Waals surface area contributed by atoms with Gasteiger partial charge in [0.15, 0.2) is 17.3 Å². The first kappa shape index (κ1) is 12.0. The Morgan fingerprint density at radius 2 is 1.85 bits per heavy atom. The van der Waals surface area contributed by atoms with Crippen LogP contribution in [-0.2, 0) is 9.47 Å². The van der Waals surface area contributed by atoms with Gasteiger partial charge in [0.2, 0.25) is 6.79 Å². The fraction of sp³-hybridized carbons (Fsp3) is 0.375. The normalized spacial score (nSPS) is 29.2. The fourth-order valence-electron chi connectivity index (χ4n) is 2.79. The minimum Gasteiger partial charge on any atom is -0.454 e. The monoisotopic (exact) mass is 272 g/mol. The Kier molecular flexibility index (Phi) is 2.46. The van der Waals surface area contributed by atoms with Crippen molar-refractivity contribution in [1.29, 1.82) is 0 Å². The van der Waals surface area contributed by atoms with Crippen molar-refractivity contribution in [3.63, 3.8) is 0 Å². The molecule has 0 spiro atoms. The Labute approximate surface area is 117 Å². The number of rotatable bonds is 1. The van der Waals surface area contributed by atoms with Gasteiger partial charge in [-0.05, 0) is 43.2 Å². The molecular formula is C16H16O4. The Morgan fingerprint density at radius 3 is 2.75 bits per heavy atom. The molecule has 2 atom stereocenters. The topological polar surface area (TPSA) is 36.9 Å². The van der Waals surface area contributed by atoms with Crippen LogP contribution in [0.5, 0.6) is 11.5 Å². The summed E-state index contributed by atoms with van der Waals surface area (Å²) in [4.78, 5) is 0. The molecule has 0 aromatic heterocycles. The van der Waals surface area contributed by atoms with Crippen molar-refractivity contribution >= 4 is 5.57 Å². The van der Waals surface area contributed by atoms with Crippen LogP contribution in [0.3, 0.4) is 0 Å². The summed E-state index contributed by atoms with van der Waals surface area (Å²) in [5, 5.41) is 0. The highest BCUT2D eigenvalue weighted by Crippen LogP contribution is 2.38. The first-order valence-electron chi connectivity index (χ1n) is 6.76. The Bertz CT molecular complexity index is 615. The van der Waals surface area contributed by atoms with Crippen LogP contribution in [0.1, 0.15) is 19.4 Å². The number of fused-ring (bicyclic) bond motifs is 2. The van der Waals surface area contributed by atoms with Crippen LogP contribution in [0.25, 0.3) is 5.57 Å². The van der Waals surface area contributed by atoms with Crippen LogP contribution < -0.4 is 9.47 Å². The molecule has 1 aliphatic carbocycles. The maximum Gasteiger partial charge on any atom is 0.231 e. The van der Waals surface area contributed by atoms with Crippen LogP contribution in [-0.4, -0.2) is 24.8 Å². The summed E-state index contributed by atoms with van der Waals surface area (Å²) in [7, 11) is 0. The lowest BCUT2D eigenvalue weighted by atomic mass is 9.96. The van der Waals surface area contributed by atoms with E-state index in [1.54, 1.807) is 0 Å². The van der Waals surface area contributed by atoms with E-state index in [4.69, 9.17) is 18.9 Å². The summed E-state index contributed by atoms with van der Waals surface area (Å²) in [6.45, 7) is 4.17. The van der Waals surface area contributed by atoms with Gasteiger partial charge in [-0.2, -0.15) is 0 Å². The average Bonchev–Trinajstić information content (AvgIpc) is 2.98. The molecule has 20 heavy (non-hydrogen) atoms. The van der Waals surface area contributed by atoms with Gasteiger partial charge in [0, 0.05) is 0 Å². The van der Waals surface area contributed by atoms with E-state index in [1.165, 1.54) is 0 Å². The molecule has 1 saturated heterocycles. The molecule has 0 N–H and O–H groups in total. The van der Waals surface area contributed by atoms with Gasteiger partial charge in [-0.1, -0.05) is 18.2 Å². The van der Waals surface area contributed by atoms with Gasteiger partial charge >= 0.3 is 0 Å². The standard InChI is InChI=1S/C16H16O4/c1-16(2)19-13-6-4-11(8-15(13)20-16)10-3-5-12-14(7-10)18-9-17-12/h3-8,13,15H,9H2,1-2H3/t13-,15+/m0/s1. The first-order chi connectivity index (χ1) is 9.61. The molecule has 2 aliphatic heterocycles. The van der Waals surface area contributed by atoms with Crippen molar-refractivity contribution in [3.05, 3.63) is 42.0 Å². The van der Waals surface area contributed by atoms with Crippen molar-refractivity contribution in [2.24, 2.45) is 0 Å². The van der Waals surface area contributed by atoms with Gasteiger partial charge in [-0.3, -0.25) is 0 Å². The maximum absolute atomic E-state index is 5.89. The molecule has 0 unspecified atom stereocenters. The largest absolute Gasteiger partial charge is 0.454 e. The van der Waals surface area contributed by atoms with E-state index in [9.17, 15) is 0 Å². The smallest absolute Gasteiger partial charge is 0.231 e. The third kappa shape index (κ3) is 1.92. The van der Waals surface area contributed by atoms with Crippen molar-refractivity contribution in [2.75, 3.05) is 6.79 Å². The predicted octanol–water partition coefficient (Wildman–Crippen LogP) is 2.89. The van der Waals surface area contributed by atoms with Crippen LogP contribution in [0.15, 0.2) is 36.4 Å². The van der Waals surface area contributed by atoms with Crippen molar-refractivity contribution in [3.8, 4) is 11.5 Å². The summed E-state index contributed by atoms with van der Waals surface area (Å²) in [6, 6.07) is 5.97. The second kappa shape index (κ2) is 4.11. The van der Waals surface area contributed by atoms with E-state index >= 15 is 0 Å². The molecule has 1 aromatic carbocycles. The SMILES string of the molecule is CC1(C)O[C@H]2C=CC(c3ccc4c(c3)OCO4)=C[C@H]2O1. The maximum atomic E-state index is 5.89. The minimum absolute atomic E-state index is 0.00256. The number of hydrogen-bond acceptors (Lipinski definition) is 4. The van der Waals surface area contributed by atoms with Crippen molar-refractivity contribution in [1.82, 2.24) is 0 Å². The minimum atomic E-state index is -0.527. The summed E-state index contributed by atoms with van der Waals surface area (Å²) >= 11 is 0. The predicted molar refractivity (Wildman–Crippen MR) is 73.5 cm³/mol. The molecule has 0 amide bonds. The molecule has 1 fully saturated rings. The Morgan fingerprint density at radius 1 is 1.05 bits per heavy atom. The van der Waals surface area contributed by atoms with E-state index in [-0.39, 0.29) is 12.2 Å². The van der Waals surface area contributed by atoms with E-state index in [0.717, 1.165) is 22.6 Å². The van der Waals surface area contributed by atoms with E-state index in [1.807, 2.05) is 32.0 Å². The number of hydrogen-bond donors (Lipinski definition) is 0. The highest BCUT2D eigenvalue weighted by molar-refractivity contribution is 5.77. The molecule has 0 radical (unpaired) electrons. The van der Waals surface area contributed by atoms with E-state index in [0.29, 0.717) is 6.79 Å². The zero-order chi connectivity index (χ0) is 13.7. The molecule has 1 aromatic rings. The van der Waals surface area contributed by atoms with Gasteiger partial charge in [0.1, 0.15) is 12.2 Å². The molecule has 2 heterocycles. The molecule has 4 heteroatoms. The van der Waals surface area contributed by atoms with Crippen molar-refractivity contribution < 1.29 is 18.9 Å². The van der Waals surface area contributed by atoms with Crippen LogP contribution in [0, 0.1) is 0 Å². The Balaban J connectivity index is 1.65. The molecule has 0 saturated carbocycles. The van der Waals surface area contributed by atoms with Gasteiger partial charge in [0.25, 0.3) is 0 Å². The average molecular weight is 272 g/mol. The van der Waals surface area contributed by atoms with Crippen LogP contribution >= 0.6 is 0 Å². The first-order valence-corrected chi connectivity index (χ1v) is 6.76. The van der Waals surface area contributed by atoms with Crippen molar-refractivity contribution in [2.45, 2.75) is 31.8 Å². The zero-order valence-electron chi connectivity index (χ0n) is 11.5. The number of allylic oxidation sites excluding steroid dienone is 2.